The van der Waals surface area contributed by atoms with Gasteiger partial charge >= 0.3 is 6.18 Å². The second-order valence-corrected chi connectivity index (χ2v) is 8.36. The highest BCUT2D eigenvalue weighted by atomic mass is 19.4. The quantitative estimate of drug-likeness (QED) is 0.319. The van der Waals surface area contributed by atoms with Crippen LogP contribution in [0.15, 0.2) is 36.4 Å². The fourth-order valence-electron chi connectivity index (χ4n) is 3.09. The van der Waals surface area contributed by atoms with Gasteiger partial charge in [0.1, 0.15) is 5.75 Å². The van der Waals surface area contributed by atoms with Crippen LogP contribution in [0, 0.1) is 29.1 Å². The van der Waals surface area contributed by atoms with Crippen LogP contribution in [-0.4, -0.2) is 18.3 Å². The molecule has 0 aliphatic rings. The van der Waals surface area contributed by atoms with Crippen LogP contribution in [0.25, 0.3) is 0 Å². The molecule has 34 heavy (non-hydrogen) atoms. The number of alkyl halides is 3. The Hall–Kier alpha value is -2.96. The summed E-state index contributed by atoms with van der Waals surface area (Å²) >= 11 is 0. The first kappa shape index (κ1) is 29.1. The maximum atomic E-state index is 13.2. The number of rotatable bonds is 8. The average molecular weight is 474 g/mol. The lowest BCUT2D eigenvalue weighted by molar-refractivity contribution is -0.137. The zero-order valence-corrected chi connectivity index (χ0v) is 20.4. The van der Waals surface area contributed by atoms with E-state index in [0.29, 0.717) is 29.5 Å². The lowest BCUT2D eigenvalue weighted by Gasteiger charge is -2.10. The van der Waals surface area contributed by atoms with E-state index < -0.39 is 17.5 Å². The molecule has 0 radical (unpaired) electrons. The number of aryl methyl sites for hydroxylation is 1. The van der Waals surface area contributed by atoms with Crippen LogP contribution in [0.5, 0.6) is 5.75 Å². The van der Waals surface area contributed by atoms with Crippen LogP contribution >= 0.6 is 0 Å². The first-order valence-electron chi connectivity index (χ1n) is 11.6. The van der Waals surface area contributed by atoms with Crippen molar-refractivity contribution in [3.63, 3.8) is 0 Å². The van der Waals surface area contributed by atoms with Gasteiger partial charge in [0.15, 0.2) is 0 Å². The molecule has 0 fully saturated rings. The molecule has 0 bridgehead atoms. The second-order valence-electron chi connectivity index (χ2n) is 8.36. The molecule has 0 unspecified atom stereocenters. The summed E-state index contributed by atoms with van der Waals surface area (Å²) in [7, 11) is 0. The molecule has 1 N–H and O–H groups in total. The summed E-state index contributed by atoms with van der Waals surface area (Å²) in [5.74, 6) is 5.47. The molecule has 2 rings (SSSR count). The molecule has 6 heteroatoms. The molecule has 0 saturated carbocycles. The summed E-state index contributed by atoms with van der Waals surface area (Å²) < 4.78 is 44.6. The van der Waals surface area contributed by atoms with Gasteiger partial charge in [-0.2, -0.15) is 18.4 Å². The van der Waals surface area contributed by atoms with Crippen LogP contribution in [0.4, 0.5) is 13.2 Å². The van der Waals surface area contributed by atoms with Gasteiger partial charge in [-0.25, -0.2) is 0 Å². The topological polar surface area (TPSA) is 53.2 Å². The summed E-state index contributed by atoms with van der Waals surface area (Å²) in [5, 5.41) is 18.4. The standard InChI is InChI=1S/C22H20F3NO.C6H14O/c1-15(2)4-3-5-19-12-16(14-26)6-7-17(19)8-9-18-10-11-20(27)13-21(18)22(23,24)25;1-3-5-7-6-4-2/h6-7,10-13,15,27H,3-5H2,1-2H3;3-6H2,1-2H3. The first-order valence-corrected chi connectivity index (χ1v) is 11.6. The first-order chi connectivity index (χ1) is 16.1. The minimum Gasteiger partial charge on any atom is -0.508 e. The van der Waals surface area contributed by atoms with Gasteiger partial charge in [-0.1, -0.05) is 46.0 Å². The summed E-state index contributed by atoms with van der Waals surface area (Å²) in [6.07, 6.45) is 0.307. The summed E-state index contributed by atoms with van der Waals surface area (Å²) in [4.78, 5) is 0. The molecule has 0 aliphatic carbocycles. The summed E-state index contributed by atoms with van der Waals surface area (Å²) in [6.45, 7) is 10.3. The Morgan fingerprint density at radius 3 is 2.15 bits per heavy atom. The number of phenols is 1. The van der Waals surface area contributed by atoms with E-state index in [-0.39, 0.29) is 5.56 Å². The molecule has 0 aromatic heterocycles. The van der Waals surface area contributed by atoms with Crippen LogP contribution in [0.2, 0.25) is 0 Å². The van der Waals surface area contributed by atoms with E-state index in [2.05, 4.69) is 45.6 Å². The molecular formula is C28H34F3NO2. The number of aromatic hydroxyl groups is 1. The second kappa shape index (κ2) is 15.0. The van der Waals surface area contributed by atoms with Crippen molar-refractivity contribution in [2.75, 3.05) is 13.2 Å². The van der Waals surface area contributed by atoms with Crippen molar-refractivity contribution < 1.29 is 23.0 Å². The molecule has 0 spiro atoms. The number of nitrogens with zero attached hydrogens (tertiary/aromatic N) is 1. The van der Waals surface area contributed by atoms with E-state index >= 15 is 0 Å². The molecule has 3 nitrogen and oxygen atoms in total. The number of hydrogen-bond acceptors (Lipinski definition) is 3. The fourth-order valence-corrected chi connectivity index (χ4v) is 3.09. The van der Waals surface area contributed by atoms with Crippen LogP contribution in [-0.2, 0) is 17.3 Å². The van der Waals surface area contributed by atoms with Gasteiger partial charge in [0.25, 0.3) is 0 Å². The highest BCUT2D eigenvalue weighted by molar-refractivity contribution is 5.53. The van der Waals surface area contributed by atoms with E-state index in [1.165, 1.54) is 6.07 Å². The van der Waals surface area contributed by atoms with Crippen LogP contribution in [0.1, 0.15) is 81.2 Å². The third-order valence-corrected chi connectivity index (χ3v) is 4.80. The zero-order chi connectivity index (χ0) is 25.6. The molecule has 0 aliphatic heterocycles. The highest BCUT2D eigenvalue weighted by Crippen LogP contribution is 2.33. The van der Waals surface area contributed by atoms with Gasteiger partial charge < -0.3 is 9.84 Å². The van der Waals surface area contributed by atoms with Crippen LogP contribution < -0.4 is 0 Å². The van der Waals surface area contributed by atoms with Crippen LogP contribution in [0.3, 0.4) is 0 Å². The van der Waals surface area contributed by atoms with Crippen molar-refractivity contribution in [1.29, 1.82) is 5.26 Å². The van der Waals surface area contributed by atoms with E-state index in [4.69, 9.17) is 10.00 Å². The number of halogens is 3. The third kappa shape index (κ3) is 10.8. The predicted octanol–water partition coefficient (Wildman–Crippen LogP) is 7.48. The van der Waals surface area contributed by atoms with Gasteiger partial charge in [-0.3, -0.25) is 0 Å². The van der Waals surface area contributed by atoms with Crippen molar-refractivity contribution in [2.45, 2.75) is 66.0 Å². The lowest BCUT2D eigenvalue weighted by atomic mass is 9.97. The van der Waals surface area contributed by atoms with E-state index in [9.17, 15) is 18.3 Å². The van der Waals surface area contributed by atoms with Crippen molar-refractivity contribution in [2.24, 2.45) is 5.92 Å². The molecular weight excluding hydrogens is 439 g/mol. The maximum absolute atomic E-state index is 13.2. The number of ether oxygens (including phenoxy) is 1. The third-order valence-electron chi connectivity index (χ3n) is 4.80. The van der Waals surface area contributed by atoms with Gasteiger partial charge in [0, 0.05) is 24.3 Å². The Morgan fingerprint density at radius 2 is 1.59 bits per heavy atom. The Labute approximate surface area is 201 Å². The van der Waals surface area contributed by atoms with Gasteiger partial charge in [0.2, 0.25) is 0 Å². The summed E-state index contributed by atoms with van der Waals surface area (Å²) in [6, 6.07) is 10.1. The normalized spacial score (nSPS) is 10.7. The molecule has 0 amide bonds. The molecule has 2 aromatic rings. The molecule has 2 aromatic carbocycles. The highest BCUT2D eigenvalue weighted by Gasteiger charge is 2.33. The van der Waals surface area contributed by atoms with E-state index in [1.807, 2.05) is 0 Å². The molecule has 0 heterocycles. The zero-order valence-electron chi connectivity index (χ0n) is 20.4. The number of nitriles is 1. The minimum absolute atomic E-state index is 0.196. The summed E-state index contributed by atoms with van der Waals surface area (Å²) in [5.41, 5.74) is 0.803. The Morgan fingerprint density at radius 1 is 0.971 bits per heavy atom. The number of phenolic OH excluding ortho intramolecular Hbond substituents is 1. The van der Waals surface area contributed by atoms with Gasteiger partial charge in [-0.15, -0.1) is 0 Å². The average Bonchev–Trinajstić information content (AvgIpc) is 2.78. The minimum atomic E-state index is -4.60. The van der Waals surface area contributed by atoms with Gasteiger partial charge in [-0.05, 0) is 73.6 Å². The number of hydrogen-bond donors (Lipinski definition) is 1. The Bertz CT molecular complexity index is 991. The van der Waals surface area contributed by atoms with E-state index in [1.54, 1.807) is 18.2 Å². The van der Waals surface area contributed by atoms with Crippen molar-refractivity contribution in [3.8, 4) is 23.7 Å². The maximum Gasteiger partial charge on any atom is 0.417 e. The van der Waals surface area contributed by atoms with Gasteiger partial charge in [0.05, 0.1) is 17.2 Å². The smallest absolute Gasteiger partial charge is 0.417 e. The van der Waals surface area contributed by atoms with Crippen molar-refractivity contribution >= 4 is 0 Å². The Balaban J connectivity index is 0.000000718. The predicted molar refractivity (Wildman–Crippen MR) is 129 cm³/mol. The molecule has 0 atom stereocenters. The lowest BCUT2D eigenvalue weighted by Crippen LogP contribution is -2.07. The molecule has 0 saturated heterocycles. The fraction of sp³-hybridized carbons (Fsp3) is 0.464. The SMILES string of the molecule is CC(C)CCCc1cc(C#N)ccc1C#Cc1ccc(O)cc1C(F)(F)F.CCCOCCC. The largest absolute Gasteiger partial charge is 0.508 e. The molecule has 184 valence electrons. The van der Waals surface area contributed by atoms with Crippen molar-refractivity contribution in [1.82, 2.24) is 0 Å². The monoisotopic (exact) mass is 473 g/mol. The Kier molecular flexibility index (Phi) is 12.9. The number of benzene rings is 2. The van der Waals surface area contributed by atoms with Crippen molar-refractivity contribution in [3.05, 3.63) is 64.2 Å². The van der Waals surface area contributed by atoms with E-state index in [0.717, 1.165) is 50.5 Å².